The van der Waals surface area contributed by atoms with Crippen LogP contribution in [0, 0.1) is 12.8 Å². The van der Waals surface area contributed by atoms with E-state index in [1.165, 1.54) is 30.5 Å². The minimum atomic E-state index is 0.288. The van der Waals surface area contributed by atoms with E-state index in [2.05, 4.69) is 65.6 Å². The fourth-order valence-corrected chi connectivity index (χ4v) is 5.87. The lowest BCUT2D eigenvalue weighted by Crippen LogP contribution is -2.31. The van der Waals surface area contributed by atoms with E-state index >= 15 is 0 Å². The van der Waals surface area contributed by atoms with E-state index in [-0.39, 0.29) is 6.10 Å². The third kappa shape index (κ3) is 6.74. The summed E-state index contributed by atoms with van der Waals surface area (Å²) in [5.74, 6) is 3.93. The molecule has 1 aliphatic carbocycles. The molecule has 2 aliphatic rings. The number of likely N-dealkylation sites (N-methyl/N-ethyl adjacent to an activating group) is 1. The first-order valence-corrected chi connectivity index (χ1v) is 14.8. The molecule has 204 valence electrons. The summed E-state index contributed by atoms with van der Waals surface area (Å²) in [4.78, 5) is 11.6. The fraction of sp³-hybridized carbons (Fsp3) is 0.536. The first kappa shape index (κ1) is 27.1. The zero-order valence-corrected chi connectivity index (χ0v) is 24.5. The van der Waals surface area contributed by atoms with Gasteiger partial charge in [-0.1, -0.05) is 25.4 Å². The van der Waals surface area contributed by atoms with Gasteiger partial charge >= 0.3 is 0 Å². The van der Waals surface area contributed by atoms with Crippen molar-refractivity contribution in [2.24, 2.45) is 13.0 Å². The highest BCUT2D eigenvalue weighted by Crippen LogP contribution is 2.40. The van der Waals surface area contributed by atoms with Gasteiger partial charge in [-0.15, -0.1) is 11.8 Å². The van der Waals surface area contributed by atoms with E-state index in [9.17, 15) is 0 Å². The molecule has 0 amide bonds. The summed E-state index contributed by atoms with van der Waals surface area (Å²) in [7, 11) is 4.12. The first-order chi connectivity index (χ1) is 18.2. The first-order valence-electron chi connectivity index (χ1n) is 13.5. The number of rotatable bonds is 10. The Morgan fingerprint density at radius 2 is 1.97 bits per heavy atom. The van der Waals surface area contributed by atoms with E-state index in [0.29, 0.717) is 28.6 Å². The molecule has 38 heavy (non-hydrogen) atoms. The summed E-state index contributed by atoms with van der Waals surface area (Å²) in [5.41, 5.74) is 4.39. The van der Waals surface area contributed by atoms with Gasteiger partial charge in [-0.3, -0.25) is 4.68 Å². The maximum Gasteiger partial charge on any atom is 0.229 e. The molecule has 1 saturated heterocycles. The standard InChI is InChI=1S/C28H38ClN7OS/c1-17(2)16-38-27-24(15-36(5)34-27)31-26-22(29)13-30-28(33-26)32-23-11-18(3)21(12-25(23)37-20-8-9-20)19-7-6-10-35(4)14-19/h11-13,15,17,19-20H,6-10,14,16H2,1-5H3,(H2,30,31,32,33). The number of nitrogens with zero attached hydrogens (tertiary/aromatic N) is 5. The summed E-state index contributed by atoms with van der Waals surface area (Å²) in [5, 5.41) is 12.8. The number of piperidine rings is 1. The van der Waals surface area contributed by atoms with Crippen LogP contribution >= 0.6 is 23.4 Å². The van der Waals surface area contributed by atoms with Crippen molar-refractivity contribution in [2.45, 2.75) is 63.5 Å². The Morgan fingerprint density at radius 3 is 2.71 bits per heavy atom. The van der Waals surface area contributed by atoms with Crippen molar-refractivity contribution in [3.8, 4) is 5.75 Å². The predicted molar refractivity (Wildman–Crippen MR) is 157 cm³/mol. The van der Waals surface area contributed by atoms with E-state index in [0.717, 1.165) is 47.3 Å². The summed E-state index contributed by atoms with van der Waals surface area (Å²) in [6, 6.07) is 4.41. The van der Waals surface area contributed by atoms with Crippen LogP contribution in [0.4, 0.5) is 23.1 Å². The topological polar surface area (TPSA) is 80.1 Å². The van der Waals surface area contributed by atoms with Crippen molar-refractivity contribution in [1.82, 2.24) is 24.6 Å². The van der Waals surface area contributed by atoms with Crippen LogP contribution in [0.2, 0.25) is 5.02 Å². The maximum atomic E-state index is 6.51. The molecular weight excluding hydrogens is 518 g/mol. The smallest absolute Gasteiger partial charge is 0.229 e. The Balaban J connectivity index is 1.39. The molecule has 2 N–H and O–H groups in total. The Hall–Kier alpha value is -2.49. The average molecular weight is 556 g/mol. The SMILES string of the molecule is Cc1cc(Nc2ncc(Cl)c(Nc3cn(C)nc3SCC(C)C)n2)c(OC2CC2)cc1C1CCCN(C)C1. The van der Waals surface area contributed by atoms with Crippen LogP contribution in [-0.2, 0) is 7.05 Å². The van der Waals surface area contributed by atoms with Gasteiger partial charge in [-0.2, -0.15) is 10.1 Å². The molecule has 3 heterocycles. The molecule has 3 aromatic rings. The second kappa shape index (κ2) is 11.7. The van der Waals surface area contributed by atoms with Gasteiger partial charge in [-0.05, 0) is 81.3 Å². The van der Waals surface area contributed by atoms with Crippen molar-refractivity contribution in [3.05, 3.63) is 40.7 Å². The molecule has 2 aromatic heterocycles. The molecule has 1 unspecified atom stereocenters. The van der Waals surface area contributed by atoms with Crippen molar-refractivity contribution in [2.75, 3.05) is 36.5 Å². The second-order valence-corrected chi connectivity index (χ2v) is 12.4. The molecule has 0 spiro atoms. The van der Waals surface area contributed by atoms with Gasteiger partial charge in [0.25, 0.3) is 0 Å². The molecule has 1 saturated carbocycles. The number of aromatic nitrogens is 4. The van der Waals surface area contributed by atoms with Crippen LogP contribution in [-0.4, -0.2) is 56.6 Å². The second-order valence-electron chi connectivity index (χ2n) is 11.0. The Bertz CT molecular complexity index is 1280. The van der Waals surface area contributed by atoms with Crippen molar-refractivity contribution < 1.29 is 4.74 Å². The normalized spacial score (nSPS) is 18.1. The highest BCUT2D eigenvalue weighted by Gasteiger charge is 2.27. The number of anilines is 4. The maximum absolute atomic E-state index is 6.51. The molecule has 0 bridgehead atoms. The molecule has 1 atom stereocenters. The number of ether oxygens (including phenoxy) is 1. The molecule has 1 aliphatic heterocycles. The molecule has 5 rings (SSSR count). The van der Waals surface area contributed by atoms with Crippen LogP contribution in [0.25, 0.3) is 0 Å². The average Bonchev–Trinajstić information content (AvgIpc) is 3.62. The van der Waals surface area contributed by atoms with Crippen LogP contribution in [0.5, 0.6) is 5.75 Å². The number of halogens is 1. The lowest BCUT2D eigenvalue weighted by Gasteiger charge is -2.31. The van der Waals surface area contributed by atoms with Crippen molar-refractivity contribution in [3.63, 3.8) is 0 Å². The van der Waals surface area contributed by atoms with E-state index in [4.69, 9.17) is 21.3 Å². The summed E-state index contributed by atoms with van der Waals surface area (Å²) in [6.07, 6.45) is 8.49. The summed E-state index contributed by atoms with van der Waals surface area (Å²) >= 11 is 8.23. The number of likely N-dealkylation sites (tertiary alicyclic amines) is 1. The van der Waals surface area contributed by atoms with E-state index in [1.807, 2.05) is 13.2 Å². The number of aryl methyl sites for hydroxylation is 2. The molecular formula is C28H38ClN7OS. The van der Waals surface area contributed by atoms with Crippen LogP contribution in [0.3, 0.4) is 0 Å². The van der Waals surface area contributed by atoms with E-state index in [1.54, 1.807) is 22.6 Å². The summed E-state index contributed by atoms with van der Waals surface area (Å²) in [6.45, 7) is 8.83. The van der Waals surface area contributed by atoms with Gasteiger partial charge in [0, 0.05) is 25.5 Å². The lowest BCUT2D eigenvalue weighted by atomic mass is 9.87. The molecule has 2 fully saturated rings. The third-order valence-corrected chi connectivity index (χ3v) is 8.53. The van der Waals surface area contributed by atoms with Gasteiger partial charge in [0.2, 0.25) is 5.95 Å². The number of hydrogen-bond acceptors (Lipinski definition) is 8. The van der Waals surface area contributed by atoms with Crippen molar-refractivity contribution >= 4 is 46.5 Å². The molecule has 1 aromatic carbocycles. The van der Waals surface area contributed by atoms with E-state index < -0.39 is 0 Å². The number of nitrogens with one attached hydrogen (secondary N) is 2. The van der Waals surface area contributed by atoms with Gasteiger partial charge in [-0.25, -0.2) is 4.98 Å². The number of hydrogen-bond donors (Lipinski definition) is 2. The highest BCUT2D eigenvalue weighted by atomic mass is 35.5. The quantitative estimate of drug-likeness (QED) is 0.266. The fourth-order valence-electron chi connectivity index (χ4n) is 4.79. The van der Waals surface area contributed by atoms with Gasteiger partial charge in [0.05, 0.1) is 23.7 Å². The summed E-state index contributed by atoms with van der Waals surface area (Å²) < 4.78 is 8.17. The van der Waals surface area contributed by atoms with Gasteiger partial charge in [0.15, 0.2) is 5.82 Å². The van der Waals surface area contributed by atoms with Crippen LogP contribution < -0.4 is 15.4 Å². The molecule has 8 nitrogen and oxygen atoms in total. The highest BCUT2D eigenvalue weighted by molar-refractivity contribution is 7.99. The lowest BCUT2D eigenvalue weighted by molar-refractivity contribution is 0.249. The largest absolute Gasteiger partial charge is 0.488 e. The van der Waals surface area contributed by atoms with Crippen LogP contribution in [0.15, 0.2) is 29.6 Å². The minimum absolute atomic E-state index is 0.288. The minimum Gasteiger partial charge on any atom is -0.488 e. The van der Waals surface area contributed by atoms with Gasteiger partial charge < -0.3 is 20.3 Å². The number of thioether (sulfide) groups is 1. The monoisotopic (exact) mass is 555 g/mol. The van der Waals surface area contributed by atoms with Crippen molar-refractivity contribution in [1.29, 1.82) is 0 Å². The Kier molecular flexibility index (Phi) is 8.35. The van der Waals surface area contributed by atoms with Gasteiger partial charge in [0.1, 0.15) is 15.8 Å². The molecule has 10 heteroatoms. The third-order valence-electron chi connectivity index (χ3n) is 6.84. The number of benzene rings is 1. The predicted octanol–water partition coefficient (Wildman–Crippen LogP) is 6.76. The molecule has 0 radical (unpaired) electrons. The zero-order chi connectivity index (χ0) is 26.8. The Morgan fingerprint density at radius 1 is 1.16 bits per heavy atom. The van der Waals surface area contributed by atoms with Crippen LogP contribution in [0.1, 0.15) is 56.6 Å². The Labute approximate surface area is 234 Å². The zero-order valence-electron chi connectivity index (χ0n) is 22.9.